The number of nitrogens with one attached hydrogen (secondary N) is 2. The van der Waals surface area contributed by atoms with Crippen LogP contribution in [-0.4, -0.2) is 42.2 Å². The highest BCUT2D eigenvalue weighted by Gasteiger charge is 2.18. The van der Waals surface area contributed by atoms with Crippen molar-refractivity contribution >= 4 is 57.1 Å². The van der Waals surface area contributed by atoms with E-state index in [4.69, 9.17) is 0 Å². The van der Waals surface area contributed by atoms with Crippen LogP contribution in [0.4, 0.5) is 10.8 Å². The summed E-state index contributed by atoms with van der Waals surface area (Å²) >= 11 is 3.77. The van der Waals surface area contributed by atoms with E-state index in [1.807, 2.05) is 0 Å². The number of hydrogen-bond acceptors (Lipinski definition) is 10. The van der Waals surface area contributed by atoms with Crippen LogP contribution < -0.4 is 10.6 Å². The van der Waals surface area contributed by atoms with Crippen molar-refractivity contribution in [1.29, 1.82) is 0 Å². The van der Waals surface area contributed by atoms with Crippen LogP contribution in [0.3, 0.4) is 0 Å². The Morgan fingerprint density at radius 3 is 2.61 bits per heavy atom. The molecule has 0 bridgehead atoms. The van der Waals surface area contributed by atoms with E-state index in [9.17, 15) is 19.7 Å². The second-order valence-electron chi connectivity index (χ2n) is 6.34. The number of thioether (sulfide) groups is 1. The highest BCUT2D eigenvalue weighted by molar-refractivity contribution is 7.99. The summed E-state index contributed by atoms with van der Waals surface area (Å²) < 4.78 is 1.65. The summed E-state index contributed by atoms with van der Waals surface area (Å²) in [5, 5.41) is 29.3. The molecule has 168 valence electrons. The molecule has 3 aromatic heterocycles. The number of aromatic nitrogens is 4. The second kappa shape index (κ2) is 10.3. The molecule has 0 saturated carbocycles. The third-order valence-corrected chi connectivity index (χ3v) is 6.67. The first-order valence-corrected chi connectivity index (χ1v) is 12.1. The first-order chi connectivity index (χ1) is 16.0. The fraction of sp³-hybridized carbons (Fsp3) is 0.105. The van der Waals surface area contributed by atoms with Gasteiger partial charge in [0.25, 0.3) is 11.6 Å². The standard InChI is InChI=1S/C19H15N7O4S3/c27-16(22-18-20-7-9-32-18)11-33-19-24-23-15(10-21-17(28)14-2-1-8-31-14)25(19)12-3-5-13(6-4-12)26(29)30/h1-9H,10-11H2,(H,21,28)(H,20,22,27). The minimum absolute atomic E-state index is 0.0479. The predicted octanol–water partition coefficient (Wildman–Crippen LogP) is 3.35. The van der Waals surface area contributed by atoms with Gasteiger partial charge in [-0.3, -0.25) is 24.3 Å². The summed E-state index contributed by atoms with van der Waals surface area (Å²) in [7, 11) is 0. The molecule has 0 aliphatic rings. The summed E-state index contributed by atoms with van der Waals surface area (Å²) in [6.45, 7) is 0.0760. The van der Waals surface area contributed by atoms with Gasteiger partial charge in [0.05, 0.1) is 22.1 Å². The summed E-state index contributed by atoms with van der Waals surface area (Å²) in [6.07, 6.45) is 1.59. The summed E-state index contributed by atoms with van der Waals surface area (Å²) in [5.41, 5.74) is 0.505. The van der Waals surface area contributed by atoms with Crippen LogP contribution in [0, 0.1) is 10.1 Å². The molecular formula is C19H15N7O4S3. The number of nitro groups is 1. The largest absolute Gasteiger partial charge is 0.344 e. The molecule has 2 N–H and O–H groups in total. The van der Waals surface area contributed by atoms with Gasteiger partial charge in [-0.1, -0.05) is 17.8 Å². The van der Waals surface area contributed by atoms with Gasteiger partial charge in [-0.25, -0.2) is 4.98 Å². The SMILES string of the molecule is O=C(CSc1nnc(CNC(=O)c2cccs2)n1-c1ccc([N+](=O)[O-])cc1)Nc1nccs1. The third-order valence-electron chi connectivity index (χ3n) is 4.18. The topological polar surface area (TPSA) is 145 Å². The normalized spacial score (nSPS) is 10.7. The summed E-state index contributed by atoms with van der Waals surface area (Å²) in [5.74, 6) is -0.0516. The maximum absolute atomic E-state index is 12.3. The Morgan fingerprint density at radius 2 is 1.94 bits per heavy atom. The molecule has 4 rings (SSSR count). The predicted molar refractivity (Wildman–Crippen MR) is 125 cm³/mol. The number of nitro benzene ring substituents is 1. The first kappa shape index (κ1) is 22.6. The number of nitrogens with zero attached hydrogens (tertiary/aromatic N) is 5. The highest BCUT2D eigenvalue weighted by atomic mass is 32.2. The summed E-state index contributed by atoms with van der Waals surface area (Å²) in [6, 6.07) is 9.35. The zero-order valence-corrected chi connectivity index (χ0v) is 19.2. The van der Waals surface area contributed by atoms with Crippen LogP contribution in [0.25, 0.3) is 5.69 Å². The van der Waals surface area contributed by atoms with Gasteiger partial charge in [0.15, 0.2) is 16.1 Å². The van der Waals surface area contributed by atoms with Crippen LogP contribution in [0.5, 0.6) is 0 Å². The van der Waals surface area contributed by atoms with E-state index in [1.54, 1.807) is 45.8 Å². The van der Waals surface area contributed by atoms with Gasteiger partial charge in [-0.15, -0.1) is 32.9 Å². The fourth-order valence-corrected chi connectivity index (χ4v) is 4.67. The molecule has 0 spiro atoms. The van der Waals surface area contributed by atoms with Gasteiger partial charge in [-0.05, 0) is 23.6 Å². The number of carbonyl (C=O) groups excluding carboxylic acids is 2. The van der Waals surface area contributed by atoms with E-state index in [2.05, 4.69) is 25.8 Å². The molecule has 4 aromatic rings. The van der Waals surface area contributed by atoms with Crippen LogP contribution in [0.2, 0.25) is 0 Å². The number of hydrogen-bond donors (Lipinski definition) is 2. The van der Waals surface area contributed by atoms with Crippen molar-refractivity contribution in [3.8, 4) is 5.69 Å². The molecule has 0 radical (unpaired) electrons. The van der Waals surface area contributed by atoms with Crippen molar-refractivity contribution in [2.24, 2.45) is 0 Å². The zero-order chi connectivity index (χ0) is 23.2. The Morgan fingerprint density at radius 1 is 1.12 bits per heavy atom. The van der Waals surface area contributed by atoms with Crippen LogP contribution in [0.15, 0.2) is 58.5 Å². The number of thiophene rings is 1. The smallest absolute Gasteiger partial charge is 0.269 e. The number of benzene rings is 1. The monoisotopic (exact) mass is 501 g/mol. The molecule has 0 aliphatic carbocycles. The molecular weight excluding hydrogens is 486 g/mol. The average molecular weight is 502 g/mol. The lowest BCUT2D eigenvalue weighted by Crippen LogP contribution is -2.24. The Bertz CT molecular complexity index is 1260. The van der Waals surface area contributed by atoms with Gasteiger partial charge < -0.3 is 10.6 Å². The van der Waals surface area contributed by atoms with Gasteiger partial charge >= 0.3 is 0 Å². The van der Waals surface area contributed by atoms with Crippen molar-refractivity contribution < 1.29 is 14.5 Å². The van der Waals surface area contributed by atoms with E-state index in [1.165, 1.54) is 34.8 Å². The Balaban J connectivity index is 1.54. The van der Waals surface area contributed by atoms with Gasteiger partial charge in [0, 0.05) is 29.4 Å². The van der Waals surface area contributed by atoms with E-state index < -0.39 is 4.92 Å². The number of anilines is 1. The first-order valence-electron chi connectivity index (χ1n) is 9.34. The van der Waals surface area contributed by atoms with Gasteiger partial charge in [0.2, 0.25) is 5.91 Å². The van der Waals surface area contributed by atoms with Crippen LogP contribution >= 0.6 is 34.4 Å². The molecule has 0 saturated heterocycles. The Hall–Kier alpha value is -3.62. The van der Waals surface area contributed by atoms with E-state index >= 15 is 0 Å². The molecule has 0 atom stereocenters. The summed E-state index contributed by atoms with van der Waals surface area (Å²) in [4.78, 5) is 39.7. The molecule has 14 heteroatoms. The Labute approximate surface area is 199 Å². The van der Waals surface area contributed by atoms with E-state index in [-0.39, 0.29) is 29.8 Å². The van der Waals surface area contributed by atoms with Crippen molar-refractivity contribution in [2.75, 3.05) is 11.1 Å². The lowest BCUT2D eigenvalue weighted by atomic mass is 10.3. The van der Waals surface area contributed by atoms with Crippen LogP contribution in [0.1, 0.15) is 15.5 Å². The molecule has 11 nitrogen and oxygen atoms in total. The maximum Gasteiger partial charge on any atom is 0.269 e. The quantitative estimate of drug-likeness (QED) is 0.202. The van der Waals surface area contributed by atoms with Crippen molar-refractivity contribution in [3.05, 3.63) is 74.2 Å². The number of non-ortho nitro benzene ring substituents is 1. The van der Waals surface area contributed by atoms with Crippen molar-refractivity contribution in [1.82, 2.24) is 25.1 Å². The lowest BCUT2D eigenvalue weighted by Gasteiger charge is -2.10. The van der Waals surface area contributed by atoms with Gasteiger partial charge in [0.1, 0.15) is 0 Å². The molecule has 3 heterocycles. The van der Waals surface area contributed by atoms with E-state index in [0.717, 1.165) is 11.8 Å². The minimum atomic E-state index is -0.489. The zero-order valence-electron chi connectivity index (χ0n) is 16.7. The van der Waals surface area contributed by atoms with Crippen LogP contribution in [-0.2, 0) is 11.3 Å². The maximum atomic E-state index is 12.3. The average Bonchev–Trinajstić information content (AvgIpc) is 3.58. The number of carbonyl (C=O) groups is 2. The van der Waals surface area contributed by atoms with Gasteiger partial charge in [-0.2, -0.15) is 0 Å². The third kappa shape index (κ3) is 5.60. The van der Waals surface area contributed by atoms with Crippen molar-refractivity contribution in [2.45, 2.75) is 11.7 Å². The second-order valence-corrected chi connectivity index (χ2v) is 9.13. The molecule has 0 fully saturated rings. The molecule has 0 aliphatic heterocycles. The lowest BCUT2D eigenvalue weighted by molar-refractivity contribution is -0.384. The number of rotatable bonds is 9. The molecule has 1 aromatic carbocycles. The molecule has 33 heavy (non-hydrogen) atoms. The fourth-order valence-electron chi connectivity index (χ4n) is 2.72. The molecule has 0 unspecified atom stereocenters. The Kier molecular flexibility index (Phi) is 7.07. The number of amides is 2. The molecule has 2 amide bonds. The van der Waals surface area contributed by atoms with E-state index in [0.29, 0.717) is 26.7 Å². The van der Waals surface area contributed by atoms with Crippen molar-refractivity contribution in [3.63, 3.8) is 0 Å². The highest BCUT2D eigenvalue weighted by Crippen LogP contribution is 2.24. The number of thiazole rings is 1. The minimum Gasteiger partial charge on any atom is -0.344 e.